The minimum absolute atomic E-state index is 0.352. The third-order valence-electron chi connectivity index (χ3n) is 5.03. The second kappa shape index (κ2) is 10.9. The van der Waals surface area contributed by atoms with E-state index in [1.54, 1.807) is 24.3 Å². The summed E-state index contributed by atoms with van der Waals surface area (Å²) in [5.41, 5.74) is 0. The third kappa shape index (κ3) is 6.40. The van der Waals surface area contributed by atoms with Crippen molar-refractivity contribution in [1.29, 1.82) is 0 Å². The number of unbranched alkanes of at least 4 members (excludes halogenated alkanes) is 8. The van der Waals surface area contributed by atoms with Gasteiger partial charge in [-0.05, 0) is 0 Å². The Morgan fingerprint density at radius 2 is 1.04 bits per heavy atom. The van der Waals surface area contributed by atoms with Crippen LogP contribution in [0.4, 0.5) is 0 Å². The summed E-state index contributed by atoms with van der Waals surface area (Å²) in [4.78, 5) is 22.8. The summed E-state index contributed by atoms with van der Waals surface area (Å²) in [7, 11) is -4.59. The maximum absolute atomic E-state index is 11.4. The predicted octanol–water partition coefficient (Wildman–Crippen LogP) is 5.47. The summed E-state index contributed by atoms with van der Waals surface area (Å²) < 4.78 is 5.89. The Bertz CT molecular complexity index is 600. The Hall–Kier alpha value is -1.25. The minimum atomic E-state index is -4.59. The molecular weight excluding hydrogens is 355 g/mol. The van der Waals surface area contributed by atoms with E-state index in [9.17, 15) is 9.79 Å². The van der Waals surface area contributed by atoms with Crippen molar-refractivity contribution in [2.75, 3.05) is 6.61 Å². The topological polar surface area (TPSA) is 49.7 Å². The van der Waals surface area contributed by atoms with Crippen LogP contribution in [-0.4, -0.2) is 16.4 Å². The number of hydrogen-bond acceptors (Lipinski definition) is 3. The molecule has 150 valence electrons. The van der Waals surface area contributed by atoms with Gasteiger partial charge in [0.2, 0.25) is 0 Å². The van der Waals surface area contributed by atoms with Crippen LogP contribution in [0.1, 0.15) is 64.7 Å². The van der Waals surface area contributed by atoms with Crippen LogP contribution in [0.2, 0.25) is 0 Å². The summed E-state index contributed by atoms with van der Waals surface area (Å²) in [6.45, 7) is 2.59. The first-order valence-corrected chi connectivity index (χ1v) is 12.4. The van der Waals surface area contributed by atoms with E-state index in [-0.39, 0.29) is 0 Å². The van der Waals surface area contributed by atoms with Gasteiger partial charge in [-0.25, -0.2) is 0 Å². The van der Waals surface area contributed by atoms with Gasteiger partial charge in [-0.1, -0.05) is 0 Å². The Labute approximate surface area is 164 Å². The van der Waals surface area contributed by atoms with E-state index in [2.05, 4.69) is 6.92 Å². The number of benzene rings is 2. The summed E-state index contributed by atoms with van der Waals surface area (Å²) in [5.74, 6) is 0. The second-order valence-corrected chi connectivity index (χ2v) is 10.5. The molecule has 0 atom stereocenters. The van der Waals surface area contributed by atoms with Crippen molar-refractivity contribution in [2.24, 2.45) is 0 Å². The molecule has 27 heavy (non-hydrogen) atoms. The zero-order valence-corrected chi connectivity index (χ0v) is 17.5. The molecule has 0 radical (unpaired) electrons. The van der Waals surface area contributed by atoms with E-state index in [0.29, 0.717) is 17.2 Å². The van der Waals surface area contributed by atoms with Gasteiger partial charge in [-0.3, -0.25) is 0 Å². The van der Waals surface area contributed by atoms with Gasteiger partial charge in [0.1, 0.15) is 0 Å². The first-order chi connectivity index (χ1) is 13.1. The molecule has 0 amide bonds. The Balaban J connectivity index is 1.88. The zero-order chi connectivity index (χ0) is 19.5. The summed E-state index contributed by atoms with van der Waals surface area (Å²) in [5, 5.41) is 0.899. The van der Waals surface area contributed by atoms with E-state index in [4.69, 9.17) is 4.52 Å². The fourth-order valence-corrected chi connectivity index (χ4v) is 5.83. The molecule has 0 aliphatic heterocycles. The fraction of sp³-hybridized carbons (Fsp3) is 0.478. The van der Waals surface area contributed by atoms with Crippen molar-refractivity contribution in [1.82, 2.24) is 0 Å². The van der Waals surface area contributed by atoms with Crippen molar-refractivity contribution in [3.8, 4) is 0 Å². The Morgan fingerprint density at radius 3 is 1.48 bits per heavy atom. The molecule has 0 aliphatic rings. The summed E-state index contributed by atoms with van der Waals surface area (Å²) in [6.07, 6.45) is 10.9. The average Bonchev–Trinajstić information content (AvgIpc) is 2.71. The molecule has 4 heteroatoms. The van der Waals surface area contributed by atoms with Crippen molar-refractivity contribution >= 4 is 17.9 Å². The van der Waals surface area contributed by atoms with Crippen LogP contribution in [0.15, 0.2) is 60.7 Å². The van der Waals surface area contributed by atoms with Crippen LogP contribution in [-0.2, 0) is 4.52 Å². The predicted molar refractivity (Wildman–Crippen MR) is 117 cm³/mol. The van der Waals surface area contributed by atoms with E-state index >= 15 is 0 Å². The Kier molecular flexibility index (Phi) is 8.92. The van der Waals surface area contributed by atoms with E-state index < -0.39 is 7.28 Å². The summed E-state index contributed by atoms with van der Waals surface area (Å²) in [6, 6.07) is 17.9. The van der Waals surface area contributed by atoms with Crippen molar-refractivity contribution in [3.63, 3.8) is 0 Å². The first-order valence-electron chi connectivity index (χ1n) is 10.3. The molecule has 0 spiro atoms. The molecule has 2 aromatic rings. The molecule has 2 N–H and O–H groups in total. The number of hydrogen-bond donors (Lipinski definition) is 2. The molecule has 0 unspecified atom stereocenters. The van der Waals surface area contributed by atoms with Crippen molar-refractivity contribution in [2.45, 2.75) is 64.7 Å². The second-order valence-electron chi connectivity index (χ2n) is 7.28. The van der Waals surface area contributed by atoms with Gasteiger partial charge in [0.05, 0.1) is 0 Å². The molecule has 0 saturated carbocycles. The molecule has 2 aromatic carbocycles. The van der Waals surface area contributed by atoms with Gasteiger partial charge in [-0.15, -0.1) is 0 Å². The van der Waals surface area contributed by atoms with E-state index in [0.717, 1.165) is 12.8 Å². The van der Waals surface area contributed by atoms with Gasteiger partial charge >= 0.3 is 164 Å². The normalized spacial score (nSPS) is 13.2. The maximum atomic E-state index is 11.4. The van der Waals surface area contributed by atoms with Gasteiger partial charge in [0, 0.05) is 0 Å². The van der Waals surface area contributed by atoms with E-state index in [1.165, 1.54) is 44.9 Å². The molecule has 0 heterocycles. The van der Waals surface area contributed by atoms with Crippen LogP contribution in [0, 0.1) is 0 Å². The van der Waals surface area contributed by atoms with Crippen molar-refractivity contribution < 1.29 is 14.3 Å². The van der Waals surface area contributed by atoms with Gasteiger partial charge < -0.3 is 0 Å². The van der Waals surface area contributed by atoms with Crippen LogP contribution in [0.5, 0.6) is 0 Å². The summed E-state index contributed by atoms with van der Waals surface area (Å²) >= 11 is 0. The SMILES string of the molecule is CCCCCCCCCCCOP(O)(O)(c1ccccc1)c1ccccc1. The molecule has 2 rings (SSSR count). The van der Waals surface area contributed by atoms with Gasteiger partial charge in [0.25, 0.3) is 0 Å². The molecule has 0 aromatic heterocycles. The molecule has 0 aliphatic carbocycles. The zero-order valence-electron chi connectivity index (χ0n) is 16.6. The van der Waals surface area contributed by atoms with Gasteiger partial charge in [-0.2, -0.15) is 0 Å². The van der Waals surface area contributed by atoms with E-state index in [1.807, 2.05) is 36.4 Å². The standard InChI is InChI=1S/C23H35O3P/c1-2-3-4-5-6-7-8-9-16-21-26-27(24,25,22-17-12-10-13-18-22)23-19-14-11-15-20-23/h10-15,17-20,24-25H,2-9,16,21H2,1H3. The fourth-order valence-electron chi connectivity index (χ4n) is 3.34. The van der Waals surface area contributed by atoms with Crippen LogP contribution < -0.4 is 10.6 Å². The van der Waals surface area contributed by atoms with Gasteiger partial charge in [0.15, 0.2) is 0 Å². The molecule has 0 fully saturated rings. The third-order valence-corrected chi connectivity index (χ3v) is 8.16. The molecule has 0 bridgehead atoms. The Morgan fingerprint density at radius 1 is 0.630 bits per heavy atom. The molecule has 0 saturated heterocycles. The molecule has 3 nitrogen and oxygen atoms in total. The monoisotopic (exact) mass is 390 g/mol. The molecular formula is C23H35O3P. The van der Waals surface area contributed by atoms with Crippen LogP contribution >= 0.6 is 7.28 Å². The van der Waals surface area contributed by atoms with Crippen LogP contribution in [0.3, 0.4) is 0 Å². The average molecular weight is 391 g/mol. The van der Waals surface area contributed by atoms with Crippen LogP contribution in [0.25, 0.3) is 0 Å². The first kappa shape index (κ1) is 22.0. The quantitative estimate of drug-likeness (QED) is 0.352. The van der Waals surface area contributed by atoms with Crippen molar-refractivity contribution in [3.05, 3.63) is 60.7 Å². The number of rotatable bonds is 13.